The smallest absolute Gasteiger partial charge is 0.267 e. The van der Waals surface area contributed by atoms with Crippen LogP contribution in [0.5, 0.6) is 0 Å². The number of benzene rings is 1. The van der Waals surface area contributed by atoms with Crippen LogP contribution in [0, 0.1) is 5.92 Å². The van der Waals surface area contributed by atoms with E-state index in [-0.39, 0.29) is 12.3 Å². The molecule has 7 nitrogen and oxygen atoms in total. The van der Waals surface area contributed by atoms with Gasteiger partial charge in [0.25, 0.3) is 5.91 Å². The summed E-state index contributed by atoms with van der Waals surface area (Å²) in [7, 11) is 0. The van der Waals surface area contributed by atoms with Gasteiger partial charge in [0.15, 0.2) is 0 Å². The molecular weight excluding hydrogens is 320 g/mol. The monoisotopic (exact) mass is 346 g/mol. The lowest BCUT2D eigenvalue weighted by Gasteiger charge is -2.20. The first-order valence-corrected chi connectivity index (χ1v) is 8.56. The highest BCUT2D eigenvalue weighted by Gasteiger charge is 2.34. The Morgan fingerprint density at radius 3 is 2.72 bits per heavy atom. The molecule has 0 aliphatic carbocycles. The largest absolute Gasteiger partial charge is 0.381 e. The molecule has 0 bridgehead atoms. The summed E-state index contributed by atoms with van der Waals surface area (Å²) in [5.74, 6) is -0.275. The Balaban J connectivity index is 1.88. The molecule has 2 amide bonds. The number of hydrazone groups is 1. The maximum atomic E-state index is 12.3. The molecule has 1 unspecified atom stereocenters. The average molecular weight is 346 g/mol. The predicted molar refractivity (Wildman–Crippen MR) is 97.2 cm³/mol. The number of para-hydroxylation sites is 1. The summed E-state index contributed by atoms with van der Waals surface area (Å²) >= 11 is 0. The molecule has 2 rings (SSSR count). The third-order valence-corrected chi connectivity index (χ3v) is 3.72. The molecule has 0 spiro atoms. The van der Waals surface area contributed by atoms with Crippen molar-refractivity contribution in [3.8, 4) is 0 Å². The van der Waals surface area contributed by atoms with Crippen molar-refractivity contribution >= 4 is 23.2 Å². The fourth-order valence-corrected chi connectivity index (χ4v) is 2.49. The molecule has 0 saturated heterocycles. The maximum absolute atomic E-state index is 12.3. The van der Waals surface area contributed by atoms with E-state index in [0.29, 0.717) is 31.4 Å². The van der Waals surface area contributed by atoms with Gasteiger partial charge in [-0.25, -0.2) is 0 Å². The van der Waals surface area contributed by atoms with E-state index in [1.807, 2.05) is 30.3 Å². The Bertz CT molecular complexity index is 616. The van der Waals surface area contributed by atoms with Crippen molar-refractivity contribution in [2.45, 2.75) is 32.7 Å². The minimum Gasteiger partial charge on any atom is -0.381 e. The van der Waals surface area contributed by atoms with Crippen molar-refractivity contribution in [3.63, 3.8) is 0 Å². The molecule has 1 aliphatic heterocycles. The summed E-state index contributed by atoms with van der Waals surface area (Å²) < 4.78 is 5.47. The Morgan fingerprint density at radius 2 is 2.08 bits per heavy atom. The van der Waals surface area contributed by atoms with Crippen molar-refractivity contribution < 1.29 is 14.3 Å². The van der Waals surface area contributed by atoms with Crippen LogP contribution in [0.15, 0.2) is 35.4 Å². The van der Waals surface area contributed by atoms with Gasteiger partial charge >= 0.3 is 0 Å². The van der Waals surface area contributed by atoms with Gasteiger partial charge in [-0.15, -0.1) is 0 Å². The lowest BCUT2D eigenvalue weighted by molar-refractivity contribution is -0.119. The van der Waals surface area contributed by atoms with E-state index in [1.165, 1.54) is 5.01 Å². The first-order chi connectivity index (χ1) is 12.0. The van der Waals surface area contributed by atoms with Gasteiger partial charge in [0, 0.05) is 26.2 Å². The average Bonchev–Trinajstić information content (AvgIpc) is 3.04. The Kier molecular flexibility index (Phi) is 6.94. The number of carbonyl (C=O) groups is 2. The normalized spacial score (nSPS) is 16.8. The van der Waals surface area contributed by atoms with Gasteiger partial charge in [-0.3, -0.25) is 14.6 Å². The minimum atomic E-state index is -0.641. The van der Waals surface area contributed by atoms with Crippen molar-refractivity contribution in [3.05, 3.63) is 30.3 Å². The van der Waals surface area contributed by atoms with E-state index in [2.05, 4.69) is 24.3 Å². The summed E-state index contributed by atoms with van der Waals surface area (Å²) in [5, 5.41) is 8.64. The highest BCUT2D eigenvalue weighted by molar-refractivity contribution is 6.40. The van der Waals surface area contributed by atoms with Crippen molar-refractivity contribution in [2.24, 2.45) is 16.8 Å². The van der Waals surface area contributed by atoms with Crippen LogP contribution in [-0.4, -0.2) is 43.3 Å². The molecule has 3 N–H and O–H groups in total. The second-order valence-corrected chi connectivity index (χ2v) is 6.43. The van der Waals surface area contributed by atoms with E-state index < -0.39 is 11.9 Å². The third kappa shape index (κ3) is 5.56. The molecule has 0 saturated carbocycles. The van der Waals surface area contributed by atoms with E-state index in [1.54, 1.807) is 0 Å². The molecule has 0 radical (unpaired) electrons. The molecule has 1 heterocycles. The van der Waals surface area contributed by atoms with Gasteiger partial charge in [0.2, 0.25) is 5.91 Å². The van der Waals surface area contributed by atoms with Crippen LogP contribution in [0.1, 0.15) is 26.7 Å². The minimum absolute atomic E-state index is 0.208. The second kappa shape index (κ2) is 9.17. The topological polar surface area (TPSA) is 97.0 Å². The van der Waals surface area contributed by atoms with E-state index in [9.17, 15) is 9.59 Å². The second-order valence-electron chi connectivity index (χ2n) is 6.43. The SMILES string of the molecule is CC(C)COCCCNC(=O)C1=NN(c2ccccc2)C(C(N)=O)C1. The molecule has 0 fully saturated rings. The first kappa shape index (κ1) is 18.9. The number of carbonyl (C=O) groups excluding carboxylic acids is 2. The summed E-state index contributed by atoms with van der Waals surface area (Å²) in [6.45, 7) is 6.00. The molecule has 1 aromatic carbocycles. The molecular formula is C18H26N4O3. The van der Waals surface area contributed by atoms with Crippen molar-refractivity contribution in [2.75, 3.05) is 24.8 Å². The van der Waals surface area contributed by atoms with Gasteiger partial charge in [-0.05, 0) is 24.5 Å². The molecule has 1 atom stereocenters. The molecule has 25 heavy (non-hydrogen) atoms. The van der Waals surface area contributed by atoms with Gasteiger partial charge in [-0.1, -0.05) is 32.0 Å². The van der Waals surface area contributed by atoms with Crippen LogP contribution < -0.4 is 16.1 Å². The van der Waals surface area contributed by atoms with Gasteiger partial charge in [0.05, 0.1) is 5.69 Å². The number of nitrogens with one attached hydrogen (secondary N) is 1. The number of hydrogen-bond donors (Lipinski definition) is 2. The fraction of sp³-hybridized carbons (Fsp3) is 0.500. The third-order valence-electron chi connectivity index (χ3n) is 3.72. The molecule has 1 aromatic rings. The number of hydrogen-bond acceptors (Lipinski definition) is 5. The van der Waals surface area contributed by atoms with Crippen molar-refractivity contribution in [1.82, 2.24) is 5.32 Å². The summed E-state index contributed by atoms with van der Waals surface area (Å²) in [4.78, 5) is 24.0. The van der Waals surface area contributed by atoms with E-state index in [0.717, 1.165) is 12.1 Å². The van der Waals surface area contributed by atoms with Crippen molar-refractivity contribution in [1.29, 1.82) is 0 Å². The zero-order valence-electron chi connectivity index (χ0n) is 14.8. The summed E-state index contributed by atoms with van der Waals surface area (Å²) in [6, 6.07) is 8.57. The first-order valence-electron chi connectivity index (χ1n) is 8.56. The zero-order chi connectivity index (χ0) is 18.2. The summed E-state index contributed by atoms with van der Waals surface area (Å²) in [6.07, 6.45) is 0.938. The van der Waals surface area contributed by atoms with Crippen LogP contribution in [0.25, 0.3) is 0 Å². The molecule has 1 aliphatic rings. The lowest BCUT2D eigenvalue weighted by atomic mass is 10.1. The quantitative estimate of drug-likeness (QED) is 0.658. The van der Waals surface area contributed by atoms with Gasteiger partial charge in [-0.2, -0.15) is 5.10 Å². The zero-order valence-corrected chi connectivity index (χ0v) is 14.8. The highest BCUT2D eigenvalue weighted by Crippen LogP contribution is 2.24. The van der Waals surface area contributed by atoms with Gasteiger partial charge < -0.3 is 15.8 Å². The Labute approximate surface area is 148 Å². The van der Waals surface area contributed by atoms with Crippen LogP contribution in [0.3, 0.4) is 0 Å². The van der Waals surface area contributed by atoms with Gasteiger partial charge in [0.1, 0.15) is 11.8 Å². The number of ether oxygens (including phenoxy) is 1. The number of nitrogens with zero attached hydrogens (tertiary/aromatic N) is 2. The number of rotatable bonds is 9. The molecule has 136 valence electrons. The maximum Gasteiger partial charge on any atom is 0.267 e. The molecule has 0 aromatic heterocycles. The summed E-state index contributed by atoms with van der Waals surface area (Å²) in [5.41, 5.74) is 6.51. The van der Waals surface area contributed by atoms with Crippen LogP contribution in [0.2, 0.25) is 0 Å². The van der Waals surface area contributed by atoms with Crippen LogP contribution in [0.4, 0.5) is 5.69 Å². The Hall–Kier alpha value is -2.41. The number of primary amides is 1. The fourth-order valence-electron chi connectivity index (χ4n) is 2.49. The number of nitrogens with two attached hydrogens (primary N) is 1. The van der Waals surface area contributed by atoms with E-state index >= 15 is 0 Å². The highest BCUT2D eigenvalue weighted by atomic mass is 16.5. The lowest BCUT2D eigenvalue weighted by Crippen LogP contribution is -2.40. The van der Waals surface area contributed by atoms with Crippen LogP contribution >= 0.6 is 0 Å². The van der Waals surface area contributed by atoms with E-state index in [4.69, 9.17) is 10.5 Å². The van der Waals surface area contributed by atoms with Crippen LogP contribution in [-0.2, 0) is 14.3 Å². The molecule has 7 heteroatoms. The standard InChI is InChI=1S/C18H26N4O3/c1-13(2)12-25-10-6-9-20-18(24)15-11-16(17(19)23)22(21-15)14-7-4-3-5-8-14/h3-5,7-8,13,16H,6,9-12H2,1-2H3,(H2,19,23)(H,20,24). The Morgan fingerprint density at radius 1 is 1.36 bits per heavy atom. The number of amides is 2. The predicted octanol–water partition coefficient (Wildman–Crippen LogP) is 1.29. The number of anilines is 1.